The molecule has 0 aromatic carbocycles. The molecule has 1 saturated carbocycles. The van der Waals surface area contributed by atoms with Crippen molar-refractivity contribution in [1.29, 1.82) is 0 Å². The van der Waals surface area contributed by atoms with E-state index in [1.165, 1.54) is 38.5 Å². The molecule has 0 aromatic heterocycles. The minimum Gasteiger partial charge on any atom is -0.376 e. The average molecular weight is 255 g/mol. The van der Waals surface area contributed by atoms with Gasteiger partial charge in [0, 0.05) is 6.54 Å². The van der Waals surface area contributed by atoms with Crippen molar-refractivity contribution in [3.8, 4) is 0 Å². The molecule has 1 heterocycles. The molecule has 1 aliphatic heterocycles. The average Bonchev–Trinajstić information content (AvgIpc) is 2.35. The SMILES string of the molecule is CCCC1CCC(CNCC)(OC2COC2)CC1. The van der Waals surface area contributed by atoms with Crippen LogP contribution in [0.2, 0.25) is 0 Å². The van der Waals surface area contributed by atoms with Crippen LogP contribution in [0.25, 0.3) is 0 Å². The summed E-state index contributed by atoms with van der Waals surface area (Å²) in [5, 5.41) is 3.49. The maximum atomic E-state index is 6.36. The molecule has 0 aromatic rings. The van der Waals surface area contributed by atoms with E-state index in [9.17, 15) is 0 Å². The summed E-state index contributed by atoms with van der Waals surface area (Å²) in [4.78, 5) is 0. The highest BCUT2D eigenvalue weighted by molar-refractivity contribution is 4.91. The highest BCUT2D eigenvalue weighted by Gasteiger charge is 2.39. The van der Waals surface area contributed by atoms with E-state index in [1.54, 1.807) is 0 Å². The molecular weight excluding hydrogens is 226 g/mol. The molecule has 0 bridgehead atoms. The molecule has 0 atom stereocenters. The molecule has 1 N–H and O–H groups in total. The Balaban J connectivity index is 1.85. The highest BCUT2D eigenvalue weighted by Crippen LogP contribution is 2.38. The topological polar surface area (TPSA) is 30.5 Å². The van der Waals surface area contributed by atoms with Gasteiger partial charge in [-0.15, -0.1) is 0 Å². The smallest absolute Gasteiger partial charge is 0.105 e. The van der Waals surface area contributed by atoms with Gasteiger partial charge in [-0.1, -0.05) is 26.7 Å². The molecule has 18 heavy (non-hydrogen) atoms. The Morgan fingerprint density at radius 3 is 2.44 bits per heavy atom. The van der Waals surface area contributed by atoms with Crippen LogP contribution in [0.3, 0.4) is 0 Å². The maximum absolute atomic E-state index is 6.36. The van der Waals surface area contributed by atoms with Crippen molar-refractivity contribution in [2.45, 2.75) is 64.1 Å². The third-order valence-corrected chi connectivity index (χ3v) is 4.43. The van der Waals surface area contributed by atoms with Gasteiger partial charge in [0.2, 0.25) is 0 Å². The monoisotopic (exact) mass is 255 g/mol. The van der Waals surface area contributed by atoms with E-state index in [0.29, 0.717) is 6.10 Å². The van der Waals surface area contributed by atoms with Gasteiger partial charge in [0.25, 0.3) is 0 Å². The lowest BCUT2D eigenvalue weighted by atomic mass is 9.77. The van der Waals surface area contributed by atoms with Crippen molar-refractivity contribution >= 4 is 0 Å². The summed E-state index contributed by atoms with van der Waals surface area (Å²) in [7, 11) is 0. The summed E-state index contributed by atoms with van der Waals surface area (Å²) in [6.45, 7) is 8.10. The highest BCUT2D eigenvalue weighted by atomic mass is 16.6. The van der Waals surface area contributed by atoms with E-state index in [2.05, 4.69) is 19.2 Å². The Bertz CT molecular complexity index is 233. The van der Waals surface area contributed by atoms with Crippen LogP contribution in [0, 0.1) is 5.92 Å². The Labute approximate surface area is 112 Å². The van der Waals surface area contributed by atoms with Crippen LogP contribution in [0.1, 0.15) is 52.4 Å². The van der Waals surface area contributed by atoms with Gasteiger partial charge in [0.05, 0.1) is 18.8 Å². The second-order valence-corrected chi connectivity index (χ2v) is 5.97. The minimum atomic E-state index is 0.0920. The van der Waals surface area contributed by atoms with Gasteiger partial charge >= 0.3 is 0 Å². The molecule has 106 valence electrons. The van der Waals surface area contributed by atoms with Gasteiger partial charge < -0.3 is 14.8 Å². The zero-order valence-corrected chi connectivity index (χ0v) is 12.0. The summed E-state index contributed by atoms with van der Waals surface area (Å²) in [5.74, 6) is 0.936. The van der Waals surface area contributed by atoms with Gasteiger partial charge in [-0.2, -0.15) is 0 Å². The normalized spacial score (nSPS) is 33.3. The van der Waals surface area contributed by atoms with E-state index >= 15 is 0 Å². The number of nitrogens with one attached hydrogen (secondary N) is 1. The first-order valence-electron chi connectivity index (χ1n) is 7.74. The first-order chi connectivity index (χ1) is 8.78. The predicted octanol–water partition coefficient (Wildman–Crippen LogP) is 2.74. The summed E-state index contributed by atoms with van der Waals surface area (Å²) in [6.07, 6.45) is 8.19. The van der Waals surface area contributed by atoms with Gasteiger partial charge in [-0.05, 0) is 38.1 Å². The van der Waals surface area contributed by atoms with Crippen molar-refractivity contribution in [3.63, 3.8) is 0 Å². The van der Waals surface area contributed by atoms with E-state index in [0.717, 1.165) is 32.2 Å². The lowest BCUT2D eigenvalue weighted by Gasteiger charge is -2.44. The molecule has 0 amide bonds. The van der Waals surface area contributed by atoms with Crippen molar-refractivity contribution in [1.82, 2.24) is 5.32 Å². The number of rotatable bonds is 7. The molecule has 0 radical (unpaired) electrons. The van der Waals surface area contributed by atoms with Crippen LogP contribution < -0.4 is 5.32 Å². The van der Waals surface area contributed by atoms with Gasteiger partial charge in [-0.25, -0.2) is 0 Å². The zero-order chi connectivity index (χ0) is 12.8. The second-order valence-electron chi connectivity index (χ2n) is 5.97. The van der Waals surface area contributed by atoms with E-state index in [4.69, 9.17) is 9.47 Å². The molecule has 0 spiro atoms. The Hall–Kier alpha value is -0.120. The first kappa shape index (κ1) is 14.3. The standard InChI is InChI=1S/C15H29NO2/c1-3-5-13-6-8-15(9-7-13,12-16-4-2)18-14-10-17-11-14/h13-14,16H,3-12H2,1-2H3. The largest absolute Gasteiger partial charge is 0.376 e. The molecule has 1 aliphatic carbocycles. The van der Waals surface area contributed by atoms with Gasteiger partial charge in [0.1, 0.15) is 6.10 Å². The lowest BCUT2D eigenvalue weighted by Crippen LogP contribution is -2.52. The molecule has 2 aliphatic rings. The molecule has 1 saturated heterocycles. The lowest BCUT2D eigenvalue weighted by molar-refractivity contribution is -0.202. The van der Waals surface area contributed by atoms with Crippen LogP contribution in [0.5, 0.6) is 0 Å². The fourth-order valence-corrected chi connectivity index (χ4v) is 3.23. The van der Waals surface area contributed by atoms with Crippen molar-refractivity contribution < 1.29 is 9.47 Å². The van der Waals surface area contributed by atoms with E-state index < -0.39 is 0 Å². The van der Waals surface area contributed by atoms with Crippen molar-refractivity contribution in [2.75, 3.05) is 26.3 Å². The summed E-state index contributed by atoms with van der Waals surface area (Å²) >= 11 is 0. The van der Waals surface area contributed by atoms with Crippen LogP contribution in [-0.2, 0) is 9.47 Å². The van der Waals surface area contributed by atoms with E-state index in [-0.39, 0.29) is 5.60 Å². The first-order valence-corrected chi connectivity index (χ1v) is 7.74. The number of hydrogen-bond acceptors (Lipinski definition) is 3. The third kappa shape index (κ3) is 3.69. The summed E-state index contributed by atoms with van der Waals surface area (Å²) < 4.78 is 11.6. The minimum absolute atomic E-state index is 0.0920. The fourth-order valence-electron chi connectivity index (χ4n) is 3.23. The number of ether oxygens (including phenoxy) is 2. The zero-order valence-electron chi connectivity index (χ0n) is 12.0. The van der Waals surface area contributed by atoms with Crippen LogP contribution in [0.15, 0.2) is 0 Å². The molecule has 2 fully saturated rings. The van der Waals surface area contributed by atoms with Crippen molar-refractivity contribution in [2.24, 2.45) is 5.92 Å². The molecular formula is C15H29NO2. The molecule has 2 rings (SSSR count). The van der Waals surface area contributed by atoms with E-state index in [1.807, 2.05) is 0 Å². The molecule has 0 unspecified atom stereocenters. The summed E-state index contributed by atoms with van der Waals surface area (Å²) in [6, 6.07) is 0. The van der Waals surface area contributed by atoms with Crippen LogP contribution in [0.4, 0.5) is 0 Å². The Kier molecular flexibility index (Phi) is 5.46. The van der Waals surface area contributed by atoms with Gasteiger partial charge in [-0.3, -0.25) is 0 Å². The molecule has 3 heteroatoms. The quantitative estimate of drug-likeness (QED) is 0.759. The predicted molar refractivity (Wildman–Crippen MR) is 73.8 cm³/mol. The second kappa shape index (κ2) is 6.88. The van der Waals surface area contributed by atoms with Crippen LogP contribution >= 0.6 is 0 Å². The third-order valence-electron chi connectivity index (χ3n) is 4.43. The molecule has 3 nitrogen and oxygen atoms in total. The van der Waals surface area contributed by atoms with Crippen LogP contribution in [-0.4, -0.2) is 38.0 Å². The van der Waals surface area contributed by atoms with Gasteiger partial charge in [0.15, 0.2) is 0 Å². The fraction of sp³-hybridized carbons (Fsp3) is 1.00. The maximum Gasteiger partial charge on any atom is 0.105 e. The number of hydrogen-bond donors (Lipinski definition) is 1. The number of likely N-dealkylation sites (N-methyl/N-ethyl adjacent to an activating group) is 1. The van der Waals surface area contributed by atoms with Crippen molar-refractivity contribution in [3.05, 3.63) is 0 Å². The Morgan fingerprint density at radius 1 is 1.22 bits per heavy atom. The Morgan fingerprint density at radius 2 is 1.94 bits per heavy atom. The summed E-state index contributed by atoms with van der Waals surface area (Å²) in [5.41, 5.74) is 0.0920.